The Hall–Kier alpha value is -2.95. The topological polar surface area (TPSA) is 78.8 Å². The van der Waals surface area contributed by atoms with Gasteiger partial charge >= 0.3 is 0 Å². The van der Waals surface area contributed by atoms with Gasteiger partial charge in [-0.3, -0.25) is 4.79 Å². The van der Waals surface area contributed by atoms with Crippen LogP contribution in [0.2, 0.25) is 0 Å². The van der Waals surface area contributed by atoms with E-state index in [-0.39, 0.29) is 22.8 Å². The molecule has 0 saturated heterocycles. The summed E-state index contributed by atoms with van der Waals surface area (Å²) in [6.07, 6.45) is 0.896. The average Bonchev–Trinajstić information content (AvgIpc) is 2.54. The van der Waals surface area contributed by atoms with Crippen molar-refractivity contribution in [1.29, 1.82) is 0 Å². The maximum absolute atomic E-state index is 13.0. The van der Waals surface area contributed by atoms with Crippen LogP contribution >= 0.6 is 0 Å². The van der Waals surface area contributed by atoms with Crippen LogP contribution in [0.15, 0.2) is 54.2 Å². The standard InChI is InChI=1S/C20H21NO4/c1-20(2,3)21-11-15-18(24)14-10-12(22)8-9-17(14)25-19(15)13-6-4-5-7-16(13)23/h4-11,19,21-23H,1-3H3/b15-11+. The van der Waals surface area contributed by atoms with E-state index in [0.717, 1.165) is 0 Å². The monoisotopic (exact) mass is 339 g/mol. The Bertz CT molecular complexity index is 849. The zero-order valence-corrected chi connectivity index (χ0v) is 14.4. The molecule has 0 aromatic heterocycles. The third-order valence-corrected chi connectivity index (χ3v) is 3.88. The molecule has 1 atom stereocenters. The summed E-state index contributed by atoms with van der Waals surface area (Å²) in [5.41, 5.74) is 0.940. The molecule has 2 aromatic carbocycles. The van der Waals surface area contributed by atoms with E-state index in [1.54, 1.807) is 36.5 Å². The average molecular weight is 339 g/mol. The van der Waals surface area contributed by atoms with Gasteiger partial charge in [0.05, 0.1) is 11.1 Å². The third-order valence-electron chi connectivity index (χ3n) is 3.88. The van der Waals surface area contributed by atoms with E-state index in [1.165, 1.54) is 12.1 Å². The fraction of sp³-hybridized carbons (Fsp3) is 0.250. The molecule has 0 saturated carbocycles. The fourth-order valence-corrected chi connectivity index (χ4v) is 2.64. The van der Waals surface area contributed by atoms with Gasteiger partial charge in [-0.05, 0) is 45.0 Å². The molecule has 25 heavy (non-hydrogen) atoms. The number of carbonyl (C=O) groups is 1. The van der Waals surface area contributed by atoms with Gasteiger partial charge in [0.2, 0.25) is 0 Å². The first-order valence-corrected chi connectivity index (χ1v) is 8.06. The molecule has 0 amide bonds. The second-order valence-corrected chi connectivity index (χ2v) is 7.06. The summed E-state index contributed by atoms with van der Waals surface area (Å²) in [6.45, 7) is 5.94. The lowest BCUT2D eigenvalue weighted by atomic mass is 9.90. The number of Topliss-reactive ketones (excluding diaryl/α,β-unsaturated/α-hetero) is 1. The Morgan fingerprint density at radius 1 is 1.12 bits per heavy atom. The molecular weight excluding hydrogens is 318 g/mol. The number of carbonyl (C=O) groups excluding carboxylic acids is 1. The van der Waals surface area contributed by atoms with Gasteiger partial charge in [0, 0.05) is 17.3 Å². The second-order valence-electron chi connectivity index (χ2n) is 7.06. The third kappa shape index (κ3) is 3.45. The zero-order valence-electron chi connectivity index (χ0n) is 14.4. The normalized spacial score (nSPS) is 18.6. The smallest absolute Gasteiger partial charge is 0.198 e. The Kier molecular flexibility index (Phi) is 4.17. The highest BCUT2D eigenvalue weighted by molar-refractivity contribution is 6.12. The fourth-order valence-electron chi connectivity index (χ4n) is 2.64. The lowest BCUT2D eigenvalue weighted by Crippen LogP contribution is -2.34. The van der Waals surface area contributed by atoms with Gasteiger partial charge < -0.3 is 20.3 Å². The maximum Gasteiger partial charge on any atom is 0.198 e. The van der Waals surface area contributed by atoms with Crippen LogP contribution in [0.25, 0.3) is 0 Å². The Morgan fingerprint density at radius 2 is 1.84 bits per heavy atom. The van der Waals surface area contributed by atoms with Gasteiger partial charge in [0.15, 0.2) is 11.9 Å². The lowest BCUT2D eigenvalue weighted by molar-refractivity contribution is 0.0957. The molecule has 3 N–H and O–H groups in total. The van der Waals surface area contributed by atoms with Gasteiger partial charge in [-0.25, -0.2) is 0 Å². The first kappa shape index (κ1) is 16.9. The molecule has 130 valence electrons. The molecule has 1 aliphatic rings. The van der Waals surface area contributed by atoms with Crippen molar-refractivity contribution in [2.24, 2.45) is 0 Å². The molecular formula is C20H21NO4. The summed E-state index contributed by atoms with van der Waals surface area (Å²) >= 11 is 0. The number of nitrogens with one attached hydrogen (secondary N) is 1. The van der Waals surface area contributed by atoms with Crippen LogP contribution in [0.3, 0.4) is 0 Å². The number of phenolic OH excluding ortho intramolecular Hbond substituents is 2. The number of ketones is 1. The van der Waals surface area contributed by atoms with Gasteiger partial charge in [0.1, 0.15) is 17.2 Å². The van der Waals surface area contributed by atoms with E-state index in [4.69, 9.17) is 4.74 Å². The highest BCUT2D eigenvalue weighted by Gasteiger charge is 2.34. The number of ether oxygens (including phenoxy) is 1. The largest absolute Gasteiger partial charge is 0.508 e. The molecule has 2 aromatic rings. The summed E-state index contributed by atoms with van der Waals surface area (Å²) in [4.78, 5) is 13.0. The molecule has 1 heterocycles. The van der Waals surface area contributed by atoms with Crippen molar-refractivity contribution in [2.75, 3.05) is 0 Å². The Morgan fingerprint density at radius 3 is 2.52 bits per heavy atom. The summed E-state index contributed by atoms with van der Waals surface area (Å²) < 4.78 is 6.00. The van der Waals surface area contributed by atoms with Crippen molar-refractivity contribution < 1.29 is 19.7 Å². The van der Waals surface area contributed by atoms with Crippen molar-refractivity contribution >= 4 is 5.78 Å². The van der Waals surface area contributed by atoms with Crippen molar-refractivity contribution in [3.8, 4) is 17.2 Å². The minimum atomic E-state index is -0.736. The summed E-state index contributed by atoms with van der Waals surface area (Å²) in [6, 6.07) is 11.2. The highest BCUT2D eigenvalue weighted by atomic mass is 16.5. The maximum atomic E-state index is 13.0. The SMILES string of the molecule is CC(C)(C)N/C=C1\C(=O)c2cc(O)ccc2OC1c1ccccc1O. The van der Waals surface area contributed by atoms with E-state index in [1.807, 2.05) is 20.8 Å². The predicted octanol–water partition coefficient (Wildman–Crippen LogP) is 3.69. The quantitative estimate of drug-likeness (QED) is 0.727. The molecule has 0 spiro atoms. The first-order valence-electron chi connectivity index (χ1n) is 8.06. The minimum absolute atomic E-state index is 0.000149. The van der Waals surface area contributed by atoms with Gasteiger partial charge in [-0.15, -0.1) is 0 Å². The van der Waals surface area contributed by atoms with Crippen LogP contribution < -0.4 is 10.1 Å². The van der Waals surface area contributed by atoms with E-state index >= 15 is 0 Å². The molecule has 3 rings (SSSR count). The van der Waals surface area contributed by atoms with Crippen LogP contribution in [-0.2, 0) is 0 Å². The summed E-state index contributed by atoms with van der Waals surface area (Å²) in [5.74, 6) is 0.190. The number of para-hydroxylation sites is 1. The van der Waals surface area contributed by atoms with Crippen LogP contribution in [0.5, 0.6) is 17.2 Å². The molecule has 0 aliphatic carbocycles. The minimum Gasteiger partial charge on any atom is -0.508 e. The van der Waals surface area contributed by atoms with Crippen LogP contribution in [0.4, 0.5) is 0 Å². The number of fused-ring (bicyclic) bond motifs is 1. The summed E-state index contributed by atoms with van der Waals surface area (Å²) in [5, 5.41) is 23.1. The zero-order chi connectivity index (χ0) is 18.2. The first-order chi connectivity index (χ1) is 11.8. The predicted molar refractivity (Wildman–Crippen MR) is 94.9 cm³/mol. The Balaban J connectivity index is 2.12. The van der Waals surface area contributed by atoms with E-state index < -0.39 is 6.10 Å². The van der Waals surface area contributed by atoms with E-state index in [2.05, 4.69) is 5.32 Å². The molecule has 0 fully saturated rings. The number of hydrogen-bond acceptors (Lipinski definition) is 5. The van der Waals surface area contributed by atoms with Gasteiger partial charge in [0.25, 0.3) is 0 Å². The number of aromatic hydroxyl groups is 2. The number of benzene rings is 2. The van der Waals surface area contributed by atoms with Crippen molar-refractivity contribution in [3.05, 3.63) is 65.4 Å². The molecule has 1 unspecified atom stereocenters. The molecule has 1 aliphatic heterocycles. The van der Waals surface area contributed by atoms with Crippen LogP contribution in [0.1, 0.15) is 42.8 Å². The molecule has 5 nitrogen and oxygen atoms in total. The molecule has 5 heteroatoms. The van der Waals surface area contributed by atoms with E-state index in [0.29, 0.717) is 22.4 Å². The van der Waals surface area contributed by atoms with Crippen LogP contribution in [-0.4, -0.2) is 21.5 Å². The second kappa shape index (κ2) is 6.16. The van der Waals surface area contributed by atoms with Crippen molar-refractivity contribution in [3.63, 3.8) is 0 Å². The van der Waals surface area contributed by atoms with Gasteiger partial charge in [-0.1, -0.05) is 18.2 Å². The highest BCUT2D eigenvalue weighted by Crippen LogP contribution is 2.41. The van der Waals surface area contributed by atoms with Crippen molar-refractivity contribution in [2.45, 2.75) is 32.4 Å². The molecule has 0 radical (unpaired) electrons. The summed E-state index contributed by atoms with van der Waals surface area (Å²) in [7, 11) is 0. The van der Waals surface area contributed by atoms with Gasteiger partial charge in [-0.2, -0.15) is 0 Å². The van der Waals surface area contributed by atoms with Crippen molar-refractivity contribution in [1.82, 2.24) is 5.32 Å². The van der Waals surface area contributed by atoms with E-state index in [9.17, 15) is 15.0 Å². The number of rotatable bonds is 2. The molecule has 0 bridgehead atoms. The number of phenols is 2. The van der Waals surface area contributed by atoms with Crippen LogP contribution in [0, 0.1) is 0 Å². The number of hydrogen-bond donors (Lipinski definition) is 3. The Labute approximate surface area is 146 Å². The lowest BCUT2D eigenvalue weighted by Gasteiger charge is -2.29.